The highest BCUT2D eigenvalue weighted by molar-refractivity contribution is 6.00. The van der Waals surface area contributed by atoms with E-state index in [2.05, 4.69) is 26.9 Å². The molecule has 0 bridgehead atoms. The van der Waals surface area contributed by atoms with E-state index < -0.39 is 0 Å². The number of nitrogens with one attached hydrogen (secondary N) is 3. The molecular weight excluding hydrogens is 355 g/mol. The lowest BCUT2D eigenvalue weighted by Gasteiger charge is -2.34. The fourth-order valence-corrected chi connectivity index (χ4v) is 4.19. The Kier molecular flexibility index (Phi) is 5.88. The van der Waals surface area contributed by atoms with Crippen molar-refractivity contribution in [2.45, 2.75) is 25.8 Å². The van der Waals surface area contributed by atoms with Crippen molar-refractivity contribution < 1.29 is 9.18 Å². The van der Waals surface area contributed by atoms with Gasteiger partial charge in [0, 0.05) is 31.0 Å². The van der Waals surface area contributed by atoms with Gasteiger partial charge in [-0.25, -0.2) is 9.18 Å². The van der Waals surface area contributed by atoms with Gasteiger partial charge in [-0.05, 0) is 79.7 Å². The van der Waals surface area contributed by atoms with Gasteiger partial charge in [-0.2, -0.15) is 0 Å². The van der Waals surface area contributed by atoms with Crippen LogP contribution in [0, 0.1) is 11.7 Å². The first-order valence-electron chi connectivity index (χ1n) is 10.0. The number of fused-ring (bicyclic) bond motifs is 1. The average Bonchev–Trinajstić information content (AvgIpc) is 2.70. The molecule has 0 saturated carbocycles. The number of carbonyl (C=O) groups excluding carboxylic acids is 1. The monoisotopic (exact) mass is 382 g/mol. The molecule has 2 aromatic carbocycles. The molecule has 5 nitrogen and oxygen atoms in total. The SMILES string of the molecule is O=C(Nc1ccc(F)cc1)Nc1cccc2c1CCN(CC1CCNCC1)C2. The molecule has 0 spiro atoms. The summed E-state index contributed by atoms with van der Waals surface area (Å²) in [6.45, 7) is 5.38. The molecule has 4 rings (SSSR count). The maximum atomic E-state index is 13.0. The molecule has 1 fully saturated rings. The van der Waals surface area contributed by atoms with Crippen molar-refractivity contribution in [3.05, 3.63) is 59.4 Å². The Bertz CT molecular complexity index is 818. The van der Waals surface area contributed by atoms with Gasteiger partial charge in [0.05, 0.1) is 0 Å². The highest BCUT2D eigenvalue weighted by Crippen LogP contribution is 2.27. The van der Waals surface area contributed by atoms with E-state index in [1.807, 2.05) is 12.1 Å². The molecule has 2 aliphatic heterocycles. The molecule has 1 saturated heterocycles. The van der Waals surface area contributed by atoms with Crippen molar-refractivity contribution in [2.24, 2.45) is 5.92 Å². The maximum absolute atomic E-state index is 13.0. The molecule has 2 aromatic rings. The van der Waals surface area contributed by atoms with Crippen molar-refractivity contribution in [1.29, 1.82) is 0 Å². The van der Waals surface area contributed by atoms with Crippen LogP contribution < -0.4 is 16.0 Å². The van der Waals surface area contributed by atoms with Gasteiger partial charge < -0.3 is 16.0 Å². The Labute approximate surface area is 165 Å². The van der Waals surface area contributed by atoms with Gasteiger partial charge in [0.25, 0.3) is 0 Å². The van der Waals surface area contributed by atoms with Crippen molar-refractivity contribution in [3.8, 4) is 0 Å². The van der Waals surface area contributed by atoms with Crippen LogP contribution in [0.15, 0.2) is 42.5 Å². The van der Waals surface area contributed by atoms with Crippen LogP contribution in [0.1, 0.15) is 24.0 Å². The lowest BCUT2D eigenvalue weighted by Crippen LogP contribution is -2.38. The number of urea groups is 1. The second-order valence-electron chi connectivity index (χ2n) is 7.71. The summed E-state index contributed by atoms with van der Waals surface area (Å²) in [7, 11) is 0. The van der Waals surface area contributed by atoms with Crippen molar-refractivity contribution in [2.75, 3.05) is 36.8 Å². The number of rotatable bonds is 4. The van der Waals surface area contributed by atoms with Crippen molar-refractivity contribution in [3.63, 3.8) is 0 Å². The van der Waals surface area contributed by atoms with Gasteiger partial charge in [-0.1, -0.05) is 12.1 Å². The molecule has 0 atom stereocenters. The summed E-state index contributed by atoms with van der Waals surface area (Å²) in [4.78, 5) is 14.9. The normalized spacial score (nSPS) is 17.8. The number of amides is 2. The molecule has 2 heterocycles. The van der Waals surface area contributed by atoms with E-state index >= 15 is 0 Å². The van der Waals surface area contributed by atoms with E-state index in [4.69, 9.17) is 0 Å². The predicted molar refractivity (Wildman–Crippen MR) is 110 cm³/mol. The van der Waals surface area contributed by atoms with Gasteiger partial charge in [0.15, 0.2) is 0 Å². The highest BCUT2D eigenvalue weighted by Gasteiger charge is 2.23. The summed E-state index contributed by atoms with van der Waals surface area (Å²) in [5.41, 5.74) is 3.94. The molecule has 0 radical (unpaired) electrons. The average molecular weight is 382 g/mol. The molecular formula is C22H27FN4O. The highest BCUT2D eigenvalue weighted by atomic mass is 19.1. The van der Waals surface area contributed by atoms with Gasteiger partial charge in [0.1, 0.15) is 5.82 Å². The van der Waals surface area contributed by atoms with E-state index in [-0.39, 0.29) is 11.8 Å². The summed E-state index contributed by atoms with van der Waals surface area (Å²) < 4.78 is 13.0. The van der Waals surface area contributed by atoms with E-state index in [0.29, 0.717) is 5.69 Å². The first-order valence-corrected chi connectivity index (χ1v) is 10.0. The summed E-state index contributed by atoms with van der Waals surface area (Å²) in [5, 5.41) is 9.14. The van der Waals surface area contributed by atoms with Crippen LogP contribution >= 0.6 is 0 Å². The molecule has 0 unspecified atom stereocenters. The minimum Gasteiger partial charge on any atom is -0.317 e. The first-order chi connectivity index (χ1) is 13.7. The third-order valence-electron chi connectivity index (χ3n) is 5.67. The second kappa shape index (κ2) is 8.71. The Morgan fingerprint density at radius 2 is 1.89 bits per heavy atom. The number of piperidine rings is 1. The van der Waals surface area contributed by atoms with Crippen molar-refractivity contribution in [1.82, 2.24) is 10.2 Å². The zero-order valence-corrected chi connectivity index (χ0v) is 16.0. The fraction of sp³-hybridized carbons (Fsp3) is 0.409. The van der Waals surface area contributed by atoms with Crippen LogP contribution in [0.5, 0.6) is 0 Å². The third-order valence-corrected chi connectivity index (χ3v) is 5.67. The number of halogens is 1. The zero-order chi connectivity index (χ0) is 19.3. The minimum absolute atomic E-state index is 0.308. The largest absolute Gasteiger partial charge is 0.323 e. The number of carbonyl (C=O) groups is 1. The Morgan fingerprint density at radius 3 is 2.68 bits per heavy atom. The van der Waals surface area contributed by atoms with Crippen LogP contribution in [-0.2, 0) is 13.0 Å². The summed E-state index contributed by atoms with van der Waals surface area (Å²) >= 11 is 0. The predicted octanol–water partition coefficient (Wildman–Crippen LogP) is 3.83. The fourth-order valence-electron chi connectivity index (χ4n) is 4.19. The third kappa shape index (κ3) is 4.69. The van der Waals surface area contributed by atoms with Crippen LogP contribution in [-0.4, -0.2) is 37.1 Å². The van der Waals surface area contributed by atoms with E-state index in [9.17, 15) is 9.18 Å². The van der Waals surface area contributed by atoms with Gasteiger partial charge >= 0.3 is 6.03 Å². The molecule has 2 aliphatic rings. The van der Waals surface area contributed by atoms with Gasteiger partial charge in [-0.3, -0.25) is 4.90 Å². The standard InChI is InChI=1S/C22H27FN4O/c23-18-4-6-19(7-5-18)25-22(28)26-21-3-1-2-17-15-27(13-10-20(17)21)14-16-8-11-24-12-9-16/h1-7,16,24H,8-15H2,(H2,25,26,28). The Hall–Kier alpha value is -2.44. The number of hydrogen-bond donors (Lipinski definition) is 3. The maximum Gasteiger partial charge on any atom is 0.323 e. The van der Waals surface area contributed by atoms with Crippen molar-refractivity contribution >= 4 is 17.4 Å². The smallest absolute Gasteiger partial charge is 0.317 e. The van der Waals surface area contributed by atoms with E-state index in [1.54, 1.807) is 12.1 Å². The summed E-state index contributed by atoms with van der Waals surface area (Å²) in [6.07, 6.45) is 3.45. The lowest BCUT2D eigenvalue weighted by atomic mass is 9.94. The number of hydrogen-bond acceptors (Lipinski definition) is 3. The van der Waals surface area contributed by atoms with Crippen LogP contribution in [0.25, 0.3) is 0 Å². The molecule has 3 N–H and O–H groups in total. The van der Waals surface area contributed by atoms with Crippen LogP contribution in [0.4, 0.5) is 20.6 Å². The quantitative estimate of drug-likeness (QED) is 0.753. The number of nitrogens with zero attached hydrogens (tertiary/aromatic N) is 1. The summed E-state index contributed by atoms with van der Waals surface area (Å²) in [5.74, 6) is 0.461. The Balaban J connectivity index is 1.38. The molecule has 28 heavy (non-hydrogen) atoms. The Morgan fingerprint density at radius 1 is 1.11 bits per heavy atom. The first kappa shape index (κ1) is 18.9. The topological polar surface area (TPSA) is 56.4 Å². The number of benzene rings is 2. The molecule has 0 aliphatic carbocycles. The zero-order valence-electron chi connectivity index (χ0n) is 16.0. The van der Waals surface area contributed by atoms with E-state index in [0.717, 1.165) is 50.7 Å². The molecule has 6 heteroatoms. The molecule has 2 amide bonds. The van der Waals surface area contributed by atoms with Gasteiger partial charge in [0.2, 0.25) is 0 Å². The summed E-state index contributed by atoms with van der Waals surface area (Å²) in [6, 6.07) is 11.6. The van der Waals surface area contributed by atoms with Gasteiger partial charge in [-0.15, -0.1) is 0 Å². The van der Waals surface area contributed by atoms with Crippen LogP contribution in [0.3, 0.4) is 0 Å². The second-order valence-corrected chi connectivity index (χ2v) is 7.71. The molecule has 148 valence electrons. The minimum atomic E-state index is -0.322. The number of anilines is 2. The van der Waals surface area contributed by atoms with E-state index in [1.165, 1.54) is 36.1 Å². The lowest BCUT2D eigenvalue weighted by molar-refractivity contribution is 0.191. The molecule has 0 aromatic heterocycles. The van der Waals surface area contributed by atoms with Crippen LogP contribution in [0.2, 0.25) is 0 Å².